The van der Waals surface area contributed by atoms with Crippen LogP contribution in [0.3, 0.4) is 0 Å². The van der Waals surface area contributed by atoms with Crippen LogP contribution >= 0.6 is 0 Å². The predicted octanol–water partition coefficient (Wildman–Crippen LogP) is 3.44. The highest BCUT2D eigenvalue weighted by Crippen LogP contribution is 2.29. The number of para-hydroxylation sites is 1. The Morgan fingerprint density at radius 2 is 1.66 bits per heavy atom. The number of benzene rings is 2. The van der Waals surface area contributed by atoms with Crippen molar-refractivity contribution < 1.29 is 27.5 Å². The molecule has 3 rings (SSSR count). The van der Waals surface area contributed by atoms with E-state index in [1.165, 1.54) is 36.5 Å². The number of nitrogens with zero attached hydrogens (tertiary/aromatic N) is 1. The fourth-order valence-corrected chi connectivity index (χ4v) is 5.17. The zero-order chi connectivity index (χ0) is 23.1. The first-order chi connectivity index (χ1) is 15.3. The average Bonchev–Trinajstić information content (AvgIpc) is 3.09. The largest absolute Gasteiger partial charge is 0.495 e. The molecule has 1 fully saturated rings. The maximum absolute atomic E-state index is 13.3. The second-order valence-electron chi connectivity index (χ2n) is 7.59. The number of carbonyl (C=O) groups is 2. The Balaban J connectivity index is 1.77. The van der Waals surface area contributed by atoms with Gasteiger partial charge in [0.2, 0.25) is 10.0 Å². The second-order valence-corrected chi connectivity index (χ2v) is 9.49. The van der Waals surface area contributed by atoms with E-state index < -0.39 is 28.0 Å². The van der Waals surface area contributed by atoms with Crippen molar-refractivity contribution in [3.63, 3.8) is 0 Å². The van der Waals surface area contributed by atoms with Crippen LogP contribution in [0.4, 0.5) is 5.69 Å². The summed E-state index contributed by atoms with van der Waals surface area (Å²) in [6.45, 7) is 2.31. The van der Waals surface area contributed by atoms with Crippen molar-refractivity contribution in [1.29, 1.82) is 0 Å². The van der Waals surface area contributed by atoms with Crippen LogP contribution in [0.5, 0.6) is 5.75 Å². The van der Waals surface area contributed by atoms with Gasteiger partial charge in [0.25, 0.3) is 5.91 Å². The third-order valence-corrected chi connectivity index (χ3v) is 7.20. The summed E-state index contributed by atoms with van der Waals surface area (Å²) in [5.74, 6) is -1.13. The summed E-state index contributed by atoms with van der Waals surface area (Å²) in [5, 5.41) is 2.66. The molecule has 1 atom stereocenters. The Labute approximate surface area is 188 Å². The van der Waals surface area contributed by atoms with Gasteiger partial charge in [-0.3, -0.25) is 4.79 Å². The van der Waals surface area contributed by atoms with Crippen molar-refractivity contribution in [2.24, 2.45) is 0 Å². The van der Waals surface area contributed by atoms with E-state index in [0.29, 0.717) is 18.8 Å². The van der Waals surface area contributed by atoms with Crippen molar-refractivity contribution >= 4 is 27.6 Å². The molecule has 0 bridgehead atoms. The van der Waals surface area contributed by atoms with Crippen molar-refractivity contribution in [3.8, 4) is 5.75 Å². The van der Waals surface area contributed by atoms with Gasteiger partial charge in [-0.1, -0.05) is 31.0 Å². The topological polar surface area (TPSA) is 102 Å². The number of carbonyl (C=O) groups excluding carboxylic acids is 2. The Morgan fingerprint density at radius 1 is 1.00 bits per heavy atom. The van der Waals surface area contributed by atoms with Gasteiger partial charge in [-0.05, 0) is 50.1 Å². The molecule has 1 heterocycles. The van der Waals surface area contributed by atoms with Gasteiger partial charge in [0.15, 0.2) is 6.10 Å². The standard InChI is InChI=1S/C23H28N2O6S/c1-17(22(26)24-19-10-6-5-7-11-19)31-23(27)18-12-13-20(30-2)21(16-18)32(28,29)25-14-8-3-4-9-15-25/h5-7,10-13,16-17H,3-4,8-9,14-15H2,1-2H3,(H,24,26). The van der Waals surface area contributed by atoms with Crippen LogP contribution in [-0.2, 0) is 19.6 Å². The van der Waals surface area contributed by atoms with E-state index >= 15 is 0 Å². The summed E-state index contributed by atoms with van der Waals surface area (Å²) in [5.41, 5.74) is 0.606. The van der Waals surface area contributed by atoms with Crippen molar-refractivity contribution in [2.45, 2.75) is 43.6 Å². The molecule has 1 amide bonds. The molecule has 0 saturated carbocycles. The highest BCUT2D eigenvalue weighted by molar-refractivity contribution is 7.89. The minimum absolute atomic E-state index is 0.0264. The zero-order valence-corrected chi connectivity index (χ0v) is 19.1. The number of rotatable bonds is 7. The molecule has 9 heteroatoms. The summed E-state index contributed by atoms with van der Waals surface area (Å²) in [4.78, 5) is 24.9. The molecule has 1 saturated heterocycles. The van der Waals surface area contributed by atoms with Gasteiger partial charge in [0.1, 0.15) is 10.6 Å². The van der Waals surface area contributed by atoms with Gasteiger partial charge in [-0.25, -0.2) is 13.2 Å². The summed E-state index contributed by atoms with van der Waals surface area (Å²) >= 11 is 0. The quantitative estimate of drug-likeness (QED) is 0.635. The van der Waals surface area contributed by atoms with Crippen molar-refractivity contribution in [2.75, 3.05) is 25.5 Å². The maximum Gasteiger partial charge on any atom is 0.338 e. The summed E-state index contributed by atoms with van der Waals surface area (Å²) in [7, 11) is -2.47. The van der Waals surface area contributed by atoms with E-state index in [1.807, 2.05) is 6.07 Å². The Bertz CT molecular complexity index is 1050. The number of hydrogen-bond acceptors (Lipinski definition) is 6. The highest BCUT2D eigenvalue weighted by Gasteiger charge is 2.30. The Kier molecular flexibility index (Phi) is 7.87. The molecule has 1 aliphatic rings. The van der Waals surface area contributed by atoms with Crippen LogP contribution in [0.25, 0.3) is 0 Å². The Morgan fingerprint density at radius 3 is 2.28 bits per heavy atom. The van der Waals surface area contributed by atoms with E-state index in [0.717, 1.165) is 25.7 Å². The number of sulfonamides is 1. The molecule has 1 N–H and O–H groups in total. The average molecular weight is 461 g/mol. The number of anilines is 1. The van der Waals surface area contributed by atoms with E-state index in [1.54, 1.807) is 24.3 Å². The van der Waals surface area contributed by atoms with E-state index in [-0.39, 0.29) is 16.2 Å². The minimum atomic E-state index is -3.85. The normalized spacial score (nSPS) is 15.9. The smallest absolute Gasteiger partial charge is 0.338 e. The number of amides is 1. The maximum atomic E-state index is 13.3. The first-order valence-electron chi connectivity index (χ1n) is 10.6. The first kappa shape index (κ1) is 23.7. The van der Waals surface area contributed by atoms with Crippen LogP contribution in [-0.4, -0.2) is 50.9 Å². The van der Waals surface area contributed by atoms with Crippen molar-refractivity contribution in [3.05, 3.63) is 54.1 Å². The van der Waals surface area contributed by atoms with Crippen LogP contribution in [0, 0.1) is 0 Å². The lowest BCUT2D eigenvalue weighted by Gasteiger charge is -2.21. The van der Waals surface area contributed by atoms with Gasteiger partial charge < -0.3 is 14.8 Å². The third kappa shape index (κ3) is 5.66. The number of esters is 1. The second kappa shape index (κ2) is 10.6. The lowest BCUT2D eigenvalue weighted by Crippen LogP contribution is -2.32. The van der Waals surface area contributed by atoms with Gasteiger partial charge in [0.05, 0.1) is 12.7 Å². The molecule has 0 radical (unpaired) electrons. The van der Waals surface area contributed by atoms with E-state index in [4.69, 9.17) is 9.47 Å². The monoisotopic (exact) mass is 460 g/mol. The SMILES string of the molecule is COc1ccc(C(=O)OC(C)C(=O)Nc2ccccc2)cc1S(=O)(=O)N1CCCCCC1. The van der Waals surface area contributed by atoms with Crippen LogP contribution in [0.15, 0.2) is 53.4 Å². The number of hydrogen-bond donors (Lipinski definition) is 1. The summed E-state index contributed by atoms with van der Waals surface area (Å²) < 4.78 is 38.5. The molecule has 2 aromatic rings. The minimum Gasteiger partial charge on any atom is -0.495 e. The lowest BCUT2D eigenvalue weighted by atomic mass is 10.2. The molecule has 172 valence electrons. The van der Waals surface area contributed by atoms with Crippen LogP contribution in [0.2, 0.25) is 0 Å². The molecular weight excluding hydrogens is 432 g/mol. The molecule has 0 aromatic heterocycles. The first-order valence-corrected chi connectivity index (χ1v) is 12.0. The molecule has 0 spiro atoms. The van der Waals surface area contributed by atoms with Gasteiger partial charge >= 0.3 is 5.97 Å². The van der Waals surface area contributed by atoms with E-state index in [2.05, 4.69) is 5.32 Å². The van der Waals surface area contributed by atoms with E-state index in [9.17, 15) is 18.0 Å². The van der Waals surface area contributed by atoms with Crippen LogP contribution < -0.4 is 10.1 Å². The number of nitrogens with one attached hydrogen (secondary N) is 1. The van der Waals surface area contributed by atoms with Crippen molar-refractivity contribution in [1.82, 2.24) is 4.31 Å². The predicted molar refractivity (Wildman–Crippen MR) is 120 cm³/mol. The molecule has 1 unspecified atom stereocenters. The van der Waals surface area contributed by atoms with Gasteiger partial charge in [0, 0.05) is 18.8 Å². The van der Waals surface area contributed by atoms with Crippen LogP contribution in [0.1, 0.15) is 43.0 Å². The third-order valence-electron chi connectivity index (χ3n) is 5.28. The fourth-order valence-electron chi connectivity index (χ4n) is 3.47. The van der Waals surface area contributed by atoms with Gasteiger partial charge in [-0.15, -0.1) is 0 Å². The molecule has 8 nitrogen and oxygen atoms in total. The van der Waals surface area contributed by atoms with Gasteiger partial charge in [-0.2, -0.15) is 4.31 Å². The number of methoxy groups -OCH3 is 1. The summed E-state index contributed by atoms with van der Waals surface area (Å²) in [6, 6.07) is 12.9. The molecule has 0 aliphatic carbocycles. The molecule has 32 heavy (non-hydrogen) atoms. The molecule has 1 aliphatic heterocycles. The zero-order valence-electron chi connectivity index (χ0n) is 18.2. The fraction of sp³-hybridized carbons (Fsp3) is 0.391. The highest BCUT2D eigenvalue weighted by atomic mass is 32.2. The summed E-state index contributed by atoms with van der Waals surface area (Å²) in [6.07, 6.45) is 2.47. The lowest BCUT2D eigenvalue weighted by molar-refractivity contribution is -0.123. The Hall–Kier alpha value is -2.91. The molecular formula is C23H28N2O6S. The molecule has 2 aromatic carbocycles. The number of ether oxygens (including phenoxy) is 2.